The van der Waals surface area contributed by atoms with Crippen molar-refractivity contribution in [1.82, 2.24) is 0 Å². The number of carbonyl (C=O) groups is 2. The lowest BCUT2D eigenvalue weighted by Gasteiger charge is -2.16. The summed E-state index contributed by atoms with van der Waals surface area (Å²) in [5.41, 5.74) is 25.3. The van der Waals surface area contributed by atoms with E-state index in [1.165, 1.54) is 193 Å². The highest BCUT2D eigenvalue weighted by Crippen LogP contribution is 2.32. The van der Waals surface area contributed by atoms with Crippen LogP contribution in [0.25, 0.3) is 0 Å². The van der Waals surface area contributed by atoms with Gasteiger partial charge in [-0.15, -0.1) is 17.0 Å². The highest BCUT2D eigenvalue weighted by molar-refractivity contribution is 8.93. The fourth-order valence-electron chi connectivity index (χ4n) is 11.2. The third-order valence-electron chi connectivity index (χ3n) is 15.6. The minimum atomic E-state index is -5.58. The molecular formula is C75H111BrF3N3O10S. The molecule has 0 bridgehead atoms. The van der Waals surface area contributed by atoms with Crippen LogP contribution in [0.4, 0.5) is 13.2 Å². The van der Waals surface area contributed by atoms with Gasteiger partial charge in [0.05, 0.1) is 32.5 Å². The number of phenols is 2. The van der Waals surface area contributed by atoms with E-state index in [0.717, 1.165) is 81.1 Å². The van der Waals surface area contributed by atoms with Gasteiger partial charge in [0.15, 0.2) is 0 Å². The van der Waals surface area contributed by atoms with Gasteiger partial charge in [0.2, 0.25) is 0 Å². The second-order valence-electron chi connectivity index (χ2n) is 21.1. The van der Waals surface area contributed by atoms with Crippen molar-refractivity contribution < 1.29 is 59.8 Å². The van der Waals surface area contributed by atoms with Gasteiger partial charge in [0.25, 0.3) is 0 Å². The highest BCUT2D eigenvalue weighted by Gasteiger charge is 2.48. The van der Waals surface area contributed by atoms with Crippen LogP contribution in [0, 0.1) is 0 Å². The number of aryl methyl sites for hydroxylation is 12. The first-order valence-electron chi connectivity index (χ1n) is 33.1. The number of alkyl halides is 3. The van der Waals surface area contributed by atoms with Gasteiger partial charge in [-0.05, 0) is 315 Å². The molecule has 8 N–H and O–H groups in total. The molecule has 93 heavy (non-hydrogen) atoms. The number of nitrogens with two attached hydrogens (primary N) is 3. The van der Waals surface area contributed by atoms with Crippen LogP contribution in [-0.2, 0) is 96.6 Å². The molecule has 0 fully saturated rings. The standard InChI is InChI=1S/2C12H14O2.C11H11F3O3S.C11H14O.2C10H12O.3C2H6.3CH5N.BrH/c2*1-14-12(13)11-7-6-9-4-2-3-5-10(9)8-11;12-11(13,14)18(15,16)17-10-6-5-8-3-1-2-4-9(8)7-10;1-12-11-7-6-9-4-2-3-5-10(9)8-11;2*11-10-6-5-8-3-1-2-4-9(8)7-10;6*1-2;/h2*6-8H,2-5H2,1H3;5-7H,1-4H2;6-8H,2-5H2,1H3;2*5-7,11H,1-4H2;3*1-2H3;3*2H2,1H3;1H. The number of hydrogen-bond donors (Lipinski definition) is 5. The lowest BCUT2D eigenvalue weighted by atomic mass is 9.90. The summed E-state index contributed by atoms with van der Waals surface area (Å²) < 4.78 is 76.8. The van der Waals surface area contributed by atoms with Crippen molar-refractivity contribution in [2.45, 2.75) is 201 Å². The molecule has 13 nitrogen and oxygen atoms in total. The Morgan fingerprint density at radius 2 is 0.591 bits per heavy atom. The molecule has 0 radical (unpaired) electrons. The van der Waals surface area contributed by atoms with Gasteiger partial charge in [-0.1, -0.05) is 77.9 Å². The van der Waals surface area contributed by atoms with Gasteiger partial charge >= 0.3 is 27.6 Å². The first-order valence-corrected chi connectivity index (χ1v) is 34.5. The number of methoxy groups -OCH3 is 3. The molecule has 0 atom stereocenters. The van der Waals surface area contributed by atoms with Crippen molar-refractivity contribution in [2.24, 2.45) is 17.2 Å². The van der Waals surface area contributed by atoms with E-state index in [1.54, 1.807) is 25.3 Å². The fourth-order valence-corrected chi connectivity index (χ4v) is 11.6. The Balaban J connectivity index is 0.00000106. The van der Waals surface area contributed by atoms with Crippen LogP contribution in [0.2, 0.25) is 0 Å². The molecule has 0 aromatic heterocycles. The maximum atomic E-state index is 12.1. The number of halogens is 4. The maximum Gasteiger partial charge on any atom is 0.534 e. The van der Waals surface area contributed by atoms with Gasteiger partial charge < -0.3 is 45.8 Å². The van der Waals surface area contributed by atoms with Crippen molar-refractivity contribution in [3.63, 3.8) is 0 Å². The Hall–Kier alpha value is -6.44. The molecule has 520 valence electrons. The van der Waals surface area contributed by atoms with Crippen molar-refractivity contribution >= 4 is 39.0 Å². The molecule has 12 rings (SSSR count). The van der Waals surface area contributed by atoms with Crippen molar-refractivity contribution in [3.05, 3.63) is 187 Å². The van der Waals surface area contributed by atoms with Gasteiger partial charge in [0.1, 0.15) is 23.0 Å². The summed E-state index contributed by atoms with van der Waals surface area (Å²) in [5, 5.41) is 18.4. The number of rotatable bonds is 5. The Bertz CT molecular complexity index is 3050. The Morgan fingerprint density at radius 3 is 0.860 bits per heavy atom. The zero-order chi connectivity index (χ0) is 69.1. The molecule has 18 heteroatoms. The molecule has 0 unspecified atom stereocenters. The number of fused-ring (bicyclic) bond motifs is 6. The van der Waals surface area contributed by atoms with E-state index >= 15 is 0 Å². The molecular weight excluding hydrogens is 1270 g/mol. The average molecular weight is 1380 g/mol. The molecule has 6 aromatic carbocycles. The second kappa shape index (κ2) is 49.2. The number of esters is 2. The number of aromatic hydroxyl groups is 2. The molecule has 0 spiro atoms. The molecule has 0 heterocycles. The number of carbonyl (C=O) groups excluding carboxylic acids is 2. The summed E-state index contributed by atoms with van der Waals surface area (Å²) in [6.07, 6.45) is 28.1. The van der Waals surface area contributed by atoms with Crippen LogP contribution in [0.1, 0.15) is 206 Å². The number of benzene rings is 6. The lowest BCUT2D eigenvalue weighted by molar-refractivity contribution is -0.0500. The molecule has 6 aliphatic carbocycles. The van der Waals surface area contributed by atoms with E-state index in [9.17, 15) is 41.4 Å². The summed E-state index contributed by atoms with van der Waals surface area (Å²) in [6.45, 7) is 12.0. The van der Waals surface area contributed by atoms with E-state index in [2.05, 4.69) is 61.2 Å². The zero-order valence-corrected chi connectivity index (χ0v) is 60.2. The van der Waals surface area contributed by atoms with Gasteiger partial charge in [-0.3, -0.25) is 0 Å². The summed E-state index contributed by atoms with van der Waals surface area (Å²) in [4.78, 5) is 22.6. The predicted molar refractivity (Wildman–Crippen MR) is 381 cm³/mol. The van der Waals surface area contributed by atoms with E-state index in [1.807, 2.05) is 90.1 Å². The monoisotopic (exact) mass is 1380 g/mol. The zero-order valence-electron chi connectivity index (χ0n) is 57.7. The normalized spacial score (nSPS) is 13.7. The van der Waals surface area contributed by atoms with Crippen LogP contribution in [-0.4, -0.2) is 78.6 Å². The van der Waals surface area contributed by atoms with Crippen LogP contribution >= 0.6 is 17.0 Å². The quantitative estimate of drug-likeness (QED) is 0.0616. The Morgan fingerprint density at radius 1 is 0.366 bits per heavy atom. The minimum Gasteiger partial charge on any atom is -0.508 e. The summed E-state index contributed by atoms with van der Waals surface area (Å²) in [6, 6.07) is 33.9. The maximum absolute atomic E-state index is 12.1. The fraction of sp³-hybridized carbons (Fsp3) is 0.493. The first kappa shape index (κ1) is 86.6. The SMILES string of the molecule is Br.CC.CC.CC.CN.CN.CN.COC(=O)c1ccc2c(c1)CCCC2.COC(=O)c1ccc2c(c1)CCCC2.COc1ccc2c(c1)CCCC2.O=S(=O)(Oc1ccc2c(c1)CCCC2)C(F)(F)F.Oc1ccc2c(c1)CCCC2.Oc1ccc2c(c1)CCCC2. The number of phenolic OH excluding ortho intramolecular Hbond substituents is 2. The Kier molecular flexibility index (Phi) is 45.8. The number of ether oxygens (including phenoxy) is 3. The average Bonchev–Trinajstić information content (AvgIpc) is 1.41. The van der Waals surface area contributed by atoms with E-state index < -0.39 is 15.6 Å². The van der Waals surface area contributed by atoms with Gasteiger partial charge in [0, 0.05) is 0 Å². The summed E-state index contributed by atoms with van der Waals surface area (Å²) in [7, 11) is 3.49. The van der Waals surface area contributed by atoms with Crippen LogP contribution in [0.5, 0.6) is 23.0 Å². The van der Waals surface area contributed by atoms with E-state index in [0.29, 0.717) is 22.6 Å². The van der Waals surface area contributed by atoms with Crippen LogP contribution < -0.4 is 26.1 Å². The van der Waals surface area contributed by atoms with E-state index in [-0.39, 0.29) is 34.7 Å². The predicted octanol–water partition coefficient (Wildman–Crippen LogP) is 17.0. The number of hydrogen-bond acceptors (Lipinski definition) is 13. The summed E-state index contributed by atoms with van der Waals surface area (Å²) in [5.74, 6) is 1.05. The third-order valence-corrected chi connectivity index (χ3v) is 16.5. The topological polar surface area (TPSA) is 224 Å². The third kappa shape index (κ3) is 29.8. The second-order valence-corrected chi connectivity index (χ2v) is 22.7. The van der Waals surface area contributed by atoms with Crippen molar-refractivity contribution in [3.8, 4) is 23.0 Å². The minimum absolute atomic E-state index is 0. The lowest BCUT2D eigenvalue weighted by Crippen LogP contribution is -2.28. The van der Waals surface area contributed by atoms with Gasteiger partial charge in [-0.25, -0.2) is 9.59 Å². The van der Waals surface area contributed by atoms with E-state index in [4.69, 9.17) is 4.74 Å². The van der Waals surface area contributed by atoms with Gasteiger partial charge in [-0.2, -0.15) is 21.6 Å². The summed E-state index contributed by atoms with van der Waals surface area (Å²) >= 11 is 0. The van der Waals surface area contributed by atoms with Crippen molar-refractivity contribution in [1.29, 1.82) is 0 Å². The molecule has 0 aliphatic heterocycles. The molecule has 0 amide bonds. The highest BCUT2D eigenvalue weighted by atomic mass is 79.9. The van der Waals surface area contributed by atoms with Crippen LogP contribution in [0.15, 0.2) is 109 Å². The smallest absolute Gasteiger partial charge is 0.508 e. The van der Waals surface area contributed by atoms with Crippen molar-refractivity contribution in [2.75, 3.05) is 42.5 Å². The largest absolute Gasteiger partial charge is 0.534 e. The molecule has 0 saturated heterocycles. The molecule has 6 aliphatic rings. The molecule has 6 aromatic rings. The van der Waals surface area contributed by atoms with Crippen LogP contribution in [0.3, 0.4) is 0 Å². The molecule has 0 saturated carbocycles. The Labute approximate surface area is 566 Å². The first-order chi connectivity index (χ1) is 44.5.